The molecule has 0 bridgehead atoms. The van der Waals surface area contributed by atoms with Gasteiger partial charge < -0.3 is 0 Å². The summed E-state index contributed by atoms with van der Waals surface area (Å²) >= 11 is 1.35. The third-order valence-corrected chi connectivity index (χ3v) is 6.57. The van der Waals surface area contributed by atoms with Crippen molar-refractivity contribution in [2.24, 2.45) is 5.92 Å². The number of para-hydroxylation sites is 1. The highest BCUT2D eigenvalue weighted by Gasteiger charge is 2.26. The normalized spacial score (nSPS) is 15.2. The second kappa shape index (κ2) is 9.11. The summed E-state index contributed by atoms with van der Waals surface area (Å²) in [7, 11) is 0. The van der Waals surface area contributed by atoms with Gasteiger partial charge >= 0.3 is 0 Å². The molecular weight excluding hydrogens is 410 g/mol. The van der Waals surface area contributed by atoms with E-state index in [9.17, 15) is 9.59 Å². The number of nitrogens with zero attached hydrogens (tertiary/aromatic N) is 4. The average Bonchev–Trinajstić information content (AvgIpc) is 3.33. The van der Waals surface area contributed by atoms with Gasteiger partial charge in [-0.15, -0.1) is 11.3 Å². The number of aryl methyl sites for hydroxylation is 1. The van der Waals surface area contributed by atoms with E-state index in [-0.39, 0.29) is 0 Å². The van der Waals surface area contributed by atoms with Gasteiger partial charge in [0.15, 0.2) is 5.13 Å². The fraction of sp³-hybridized carbons (Fsp3) is 0.391. The first kappa shape index (κ1) is 21.4. The minimum absolute atomic E-state index is 0.334. The van der Waals surface area contributed by atoms with Gasteiger partial charge in [-0.2, -0.15) is 5.10 Å². The van der Waals surface area contributed by atoms with Crippen LogP contribution in [0.25, 0.3) is 5.69 Å². The quantitative estimate of drug-likeness (QED) is 0.466. The summed E-state index contributed by atoms with van der Waals surface area (Å²) in [6.07, 6.45) is 2.41. The van der Waals surface area contributed by atoms with Gasteiger partial charge in [0.25, 0.3) is 11.7 Å². The predicted octanol–water partition coefficient (Wildman–Crippen LogP) is 4.00. The van der Waals surface area contributed by atoms with E-state index in [2.05, 4.69) is 27.2 Å². The Kier molecular flexibility index (Phi) is 6.29. The Labute approximate surface area is 186 Å². The molecule has 7 nitrogen and oxygen atoms in total. The van der Waals surface area contributed by atoms with E-state index in [0.29, 0.717) is 22.1 Å². The number of nitrogens with one attached hydrogen (secondary N) is 1. The van der Waals surface area contributed by atoms with E-state index in [4.69, 9.17) is 0 Å². The van der Waals surface area contributed by atoms with Gasteiger partial charge in [0, 0.05) is 11.9 Å². The lowest BCUT2D eigenvalue weighted by Gasteiger charge is -2.29. The Bertz CT molecular complexity index is 1080. The molecule has 8 heteroatoms. The molecule has 2 aromatic heterocycles. The summed E-state index contributed by atoms with van der Waals surface area (Å²) in [5, 5.41) is 9.53. The summed E-state index contributed by atoms with van der Waals surface area (Å²) in [6, 6.07) is 9.56. The van der Waals surface area contributed by atoms with Crippen LogP contribution in [-0.2, 0) is 11.3 Å². The van der Waals surface area contributed by atoms with Crippen LogP contribution in [0.3, 0.4) is 0 Å². The molecule has 1 N–H and O–H groups in total. The molecule has 0 saturated carbocycles. The molecule has 1 fully saturated rings. The third-order valence-electron chi connectivity index (χ3n) is 5.76. The highest BCUT2D eigenvalue weighted by atomic mass is 32.1. The molecule has 1 saturated heterocycles. The molecular formula is C23H27N5O2S. The van der Waals surface area contributed by atoms with E-state index < -0.39 is 11.7 Å². The van der Waals surface area contributed by atoms with Crippen LogP contribution < -0.4 is 5.32 Å². The maximum absolute atomic E-state index is 12.9. The summed E-state index contributed by atoms with van der Waals surface area (Å²) in [6.45, 7) is 8.75. The molecule has 0 unspecified atom stereocenters. The van der Waals surface area contributed by atoms with Crippen molar-refractivity contribution >= 4 is 28.2 Å². The molecule has 0 spiro atoms. The lowest BCUT2D eigenvalue weighted by molar-refractivity contribution is -0.112. The zero-order chi connectivity index (χ0) is 22.0. The summed E-state index contributed by atoms with van der Waals surface area (Å²) < 4.78 is 1.69. The maximum atomic E-state index is 12.9. The molecule has 3 heterocycles. The highest BCUT2D eigenvalue weighted by molar-refractivity contribution is 7.14. The molecule has 0 radical (unpaired) electrons. The molecule has 162 valence electrons. The lowest BCUT2D eigenvalue weighted by Crippen LogP contribution is -2.32. The standard InChI is InChI=1S/C23H27N5O2S/c1-15-9-11-27(12-10-15)13-18-14-31-23(24-18)25-22(30)21(29)20-16(2)26-28(17(20)3)19-7-5-4-6-8-19/h4-8,14-15H,9-13H2,1-3H3,(H,24,25,30). The predicted molar refractivity (Wildman–Crippen MR) is 122 cm³/mol. The van der Waals surface area contributed by atoms with E-state index >= 15 is 0 Å². The van der Waals surface area contributed by atoms with Gasteiger partial charge in [-0.25, -0.2) is 9.67 Å². The molecule has 0 aliphatic carbocycles. The minimum atomic E-state index is -0.688. The molecule has 1 aliphatic rings. The maximum Gasteiger partial charge on any atom is 0.298 e. The number of benzene rings is 1. The van der Waals surface area contributed by atoms with Crippen molar-refractivity contribution in [1.29, 1.82) is 0 Å². The first-order valence-electron chi connectivity index (χ1n) is 10.6. The SMILES string of the molecule is Cc1nn(-c2ccccc2)c(C)c1C(=O)C(=O)Nc1nc(CN2CCC(C)CC2)cs1. The van der Waals surface area contributed by atoms with Gasteiger partial charge in [0.2, 0.25) is 0 Å². The number of hydrogen-bond donors (Lipinski definition) is 1. The molecule has 1 aliphatic heterocycles. The number of hydrogen-bond acceptors (Lipinski definition) is 6. The van der Waals surface area contributed by atoms with Crippen LogP contribution in [0.5, 0.6) is 0 Å². The first-order chi connectivity index (χ1) is 14.9. The fourth-order valence-corrected chi connectivity index (χ4v) is 4.64. The largest absolute Gasteiger partial charge is 0.298 e. The monoisotopic (exact) mass is 437 g/mol. The number of likely N-dealkylation sites (tertiary alicyclic amines) is 1. The lowest BCUT2D eigenvalue weighted by atomic mass is 9.99. The van der Waals surface area contributed by atoms with E-state index in [1.807, 2.05) is 35.7 Å². The molecule has 31 heavy (non-hydrogen) atoms. The Morgan fingerprint density at radius 3 is 2.58 bits per heavy atom. The van der Waals surface area contributed by atoms with Crippen LogP contribution in [0, 0.1) is 19.8 Å². The number of carbonyl (C=O) groups excluding carboxylic acids is 2. The van der Waals surface area contributed by atoms with E-state index in [0.717, 1.165) is 36.9 Å². The number of aromatic nitrogens is 3. The number of rotatable bonds is 6. The number of anilines is 1. The van der Waals surface area contributed by atoms with Crippen molar-refractivity contribution < 1.29 is 9.59 Å². The van der Waals surface area contributed by atoms with Crippen LogP contribution >= 0.6 is 11.3 Å². The summed E-state index contributed by atoms with van der Waals surface area (Å²) in [4.78, 5) is 32.4. The zero-order valence-corrected chi connectivity index (χ0v) is 18.9. The highest BCUT2D eigenvalue weighted by Crippen LogP contribution is 2.22. The van der Waals surface area contributed by atoms with Crippen molar-refractivity contribution in [2.45, 2.75) is 40.2 Å². The number of piperidine rings is 1. The van der Waals surface area contributed by atoms with Crippen LogP contribution in [0.2, 0.25) is 0 Å². The Hall–Kier alpha value is -2.84. The van der Waals surface area contributed by atoms with Gasteiger partial charge in [-0.3, -0.25) is 19.8 Å². The van der Waals surface area contributed by atoms with Gasteiger partial charge in [-0.1, -0.05) is 25.1 Å². The van der Waals surface area contributed by atoms with Gasteiger partial charge in [-0.05, 0) is 57.8 Å². The molecule has 1 amide bonds. The second-order valence-corrected chi connectivity index (χ2v) is 9.04. The molecule has 4 rings (SSSR count). The van der Waals surface area contributed by atoms with Crippen molar-refractivity contribution in [2.75, 3.05) is 18.4 Å². The summed E-state index contributed by atoms with van der Waals surface area (Å²) in [5.41, 5.74) is 3.27. The zero-order valence-electron chi connectivity index (χ0n) is 18.1. The number of thiazole rings is 1. The van der Waals surface area contributed by atoms with Crippen LogP contribution in [0.4, 0.5) is 5.13 Å². The van der Waals surface area contributed by atoms with Gasteiger partial charge in [0.1, 0.15) is 0 Å². The Morgan fingerprint density at radius 2 is 1.87 bits per heavy atom. The fourth-order valence-electron chi connectivity index (χ4n) is 3.95. The second-order valence-electron chi connectivity index (χ2n) is 8.18. The number of ketones is 1. The minimum Gasteiger partial charge on any atom is -0.297 e. The van der Waals surface area contributed by atoms with E-state index in [1.165, 1.54) is 24.2 Å². The smallest absolute Gasteiger partial charge is 0.297 e. The van der Waals surface area contributed by atoms with Gasteiger partial charge in [0.05, 0.1) is 28.3 Å². The number of amides is 1. The first-order valence-corrected chi connectivity index (χ1v) is 11.4. The summed E-state index contributed by atoms with van der Waals surface area (Å²) in [5.74, 6) is -0.504. The molecule has 0 atom stereocenters. The number of carbonyl (C=O) groups is 2. The van der Waals surface area contributed by atoms with Crippen LogP contribution in [0.15, 0.2) is 35.7 Å². The van der Waals surface area contributed by atoms with Crippen molar-refractivity contribution in [1.82, 2.24) is 19.7 Å². The Balaban J connectivity index is 1.43. The van der Waals surface area contributed by atoms with E-state index in [1.54, 1.807) is 18.5 Å². The van der Waals surface area contributed by atoms with Crippen molar-refractivity contribution in [3.8, 4) is 5.69 Å². The van der Waals surface area contributed by atoms with Crippen molar-refractivity contribution in [3.63, 3.8) is 0 Å². The topological polar surface area (TPSA) is 80.1 Å². The third kappa shape index (κ3) is 4.75. The Morgan fingerprint density at radius 1 is 1.16 bits per heavy atom. The van der Waals surface area contributed by atoms with Crippen LogP contribution in [0.1, 0.15) is 47.2 Å². The average molecular weight is 438 g/mol. The molecule has 1 aromatic carbocycles. The van der Waals surface area contributed by atoms with Crippen LogP contribution in [-0.4, -0.2) is 44.4 Å². The molecule has 3 aromatic rings. The van der Waals surface area contributed by atoms with Crippen molar-refractivity contribution in [3.05, 3.63) is 58.4 Å². The number of Topliss-reactive ketones (excluding diaryl/α,β-unsaturated/α-hetero) is 1.